The second-order valence-electron chi connectivity index (χ2n) is 5.20. The maximum Gasteiger partial charge on any atom is 0.314 e. The summed E-state index contributed by atoms with van der Waals surface area (Å²) in [5.74, 6) is -1.24. The van der Waals surface area contributed by atoms with E-state index in [4.69, 9.17) is 11.6 Å². The fourth-order valence-electron chi connectivity index (χ4n) is 2.06. The van der Waals surface area contributed by atoms with Crippen LogP contribution < -0.4 is 10.6 Å². The first-order valence-corrected chi connectivity index (χ1v) is 7.63. The predicted molar refractivity (Wildman–Crippen MR) is 93.1 cm³/mol. The number of carbonyl (C=O) groups excluding carboxylic acids is 2. The quantitative estimate of drug-likeness (QED) is 0.624. The second kappa shape index (κ2) is 7.10. The van der Waals surface area contributed by atoms with E-state index in [1.54, 1.807) is 24.3 Å². The van der Waals surface area contributed by atoms with Crippen molar-refractivity contribution in [2.45, 2.75) is 6.92 Å². The molecule has 0 aliphatic rings. The van der Waals surface area contributed by atoms with Crippen LogP contribution in [-0.4, -0.2) is 32.4 Å². The Kier molecular flexibility index (Phi) is 4.71. The number of benzene rings is 2. The van der Waals surface area contributed by atoms with Gasteiger partial charge in [-0.2, -0.15) is 5.21 Å². The molecule has 3 N–H and O–H groups in total. The molecule has 0 saturated heterocycles. The van der Waals surface area contributed by atoms with Crippen molar-refractivity contribution in [3.63, 3.8) is 0 Å². The van der Waals surface area contributed by atoms with E-state index >= 15 is 0 Å². The fraction of sp³-hybridized carbons (Fsp3) is 0.0625. The standard InChI is InChI=1S/C16H13ClN6O2/c1-9-2-4-10(5-3-9)18-15(24)16(25)19-11-6-7-12(13(17)8-11)14-20-22-23-21-14/h2-8H,1H3,(H,18,24)(H,19,25)(H,20,21,22,23). The van der Waals surface area contributed by atoms with Crippen LogP contribution in [0.5, 0.6) is 0 Å². The SMILES string of the molecule is Cc1ccc(NC(=O)C(=O)Nc2ccc(-c3nn[nH]n3)c(Cl)c2)cc1. The molecule has 0 radical (unpaired) electrons. The number of amides is 2. The van der Waals surface area contributed by atoms with Gasteiger partial charge in [0.15, 0.2) is 0 Å². The summed E-state index contributed by atoms with van der Waals surface area (Å²) in [4.78, 5) is 24.0. The zero-order valence-electron chi connectivity index (χ0n) is 13.1. The summed E-state index contributed by atoms with van der Waals surface area (Å²) in [6.07, 6.45) is 0. The average Bonchev–Trinajstić information content (AvgIpc) is 3.11. The molecule has 0 unspecified atom stereocenters. The fourth-order valence-corrected chi connectivity index (χ4v) is 2.33. The number of carbonyl (C=O) groups is 2. The normalized spacial score (nSPS) is 10.3. The molecule has 0 atom stereocenters. The number of H-pyrrole nitrogens is 1. The Hall–Kier alpha value is -3.26. The summed E-state index contributed by atoms with van der Waals surface area (Å²) in [6.45, 7) is 1.93. The van der Waals surface area contributed by atoms with Gasteiger partial charge in [0.05, 0.1) is 5.02 Å². The van der Waals surface area contributed by atoms with Crippen molar-refractivity contribution < 1.29 is 9.59 Å². The topological polar surface area (TPSA) is 113 Å². The molecular weight excluding hydrogens is 344 g/mol. The lowest BCUT2D eigenvalue weighted by molar-refractivity contribution is -0.132. The summed E-state index contributed by atoms with van der Waals surface area (Å²) in [6, 6.07) is 11.8. The third kappa shape index (κ3) is 3.99. The minimum Gasteiger partial charge on any atom is -0.318 e. The molecule has 25 heavy (non-hydrogen) atoms. The van der Waals surface area contributed by atoms with Crippen LogP contribution in [0.25, 0.3) is 11.4 Å². The summed E-state index contributed by atoms with van der Waals surface area (Å²) < 4.78 is 0. The van der Waals surface area contributed by atoms with E-state index in [1.807, 2.05) is 19.1 Å². The highest BCUT2D eigenvalue weighted by atomic mass is 35.5. The van der Waals surface area contributed by atoms with Crippen LogP contribution in [-0.2, 0) is 9.59 Å². The van der Waals surface area contributed by atoms with Crippen LogP contribution in [0.3, 0.4) is 0 Å². The molecule has 126 valence electrons. The number of aromatic nitrogens is 4. The van der Waals surface area contributed by atoms with E-state index in [0.717, 1.165) is 5.56 Å². The van der Waals surface area contributed by atoms with Gasteiger partial charge in [-0.1, -0.05) is 29.3 Å². The van der Waals surface area contributed by atoms with E-state index in [9.17, 15) is 9.59 Å². The largest absolute Gasteiger partial charge is 0.318 e. The highest BCUT2D eigenvalue weighted by Crippen LogP contribution is 2.27. The van der Waals surface area contributed by atoms with Crippen LogP contribution in [0.4, 0.5) is 11.4 Å². The van der Waals surface area contributed by atoms with Gasteiger partial charge in [0.2, 0.25) is 5.82 Å². The number of nitrogens with zero attached hydrogens (tertiary/aromatic N) is 3. The van der Waals surface area contributed by atoms with Gasteiger partial charge < -0.3 is 10.6 Å². The molecule has 8 nitrogen and oxygen atoms in total. The second-order valence-corrected chi connectivity index (χ2v) is 5.61. The first-order valence-electron chi connectivity index (χ1n) is 7.25. The molecule has 0 aliphatic carbocycles. The third-order valence-electron chi connectivity index (χ3n) is 3.33. The first-order chi connectivity index (χ1) is 12.0. The molecule has 0 bridgehead atoms. The Bertz CT molecular complexity index is 909. The van der Waals surface area contributed by atoms with E-state index < -0.39 is 11.8 Å². The van der Waals surface area contributed by atoms with Crippen LogP contribution >= 0.6 is 11.6 Å². The average molecular weight is 357 g/mol. The highest BCUT2D eigenvalue weighted by molar-refractivity contribution is 6.43. The molecule has 0 fully saturated rings. The molecule has 3 aromatic rings. The molecular formula is C16H13ClN6O2. The number of nitrogens with one attached hydrogen (secondary N) is 3. The van der Waals surface area contributed by atoms with Gasteiger partial charge in [0, 0.05) is 16.9 Å². The Balaban J connectivity index is 1.67. The first kappa shape index (κ1) is 16.6. The Morgan fingerprint density at radius 1 is 1.00 bits per heavy atom. The molecule has 2 amide bonds. The smallest absolute Gasteiger partial charge is 0.314 e. The highest BCUT2D eigenvalue weighted by Gasteiger charge is 2.15. The molecule has 0 saturated carbocycles. The molecule has 0 aliphatic heterocycles. The van der Waals surface area contributed by atoms with E-state index in [0.29, 0.717) is 27.8 Å². The maximum absolute atomic E-state index is 12.0. The minimum atomic E-state index is -0.802. The van der Waals surface area contributed by atoms with Crippen LogP contribution in [0.2, 0.25) is 5.02 Å². The number of hydrogen-bond acceptors (Lipinski definition) is 5. The van der Waals surface area contributed by atoms with Gasteiger partial charge >= 0.3 is 11.8 Å². The zero-order chi connectivity index (χ0) is 17.8. The Morgan fingerprint density at radius 3 is 2.24 bits per heavy atom. The molecule has 0 spiro atoms. The van der Waals surface area contributed by atoms with Crippen molar-refractivity contribution in [1.29, 1.82) is 0 Å². The summed E-state index contributed by atoms with van der Waals surface area (Å²) >= 11 is 6.15. The predicted octanol–water partition coefficient (Wildman–Crippen LogP) is 2.41. The van der Waals surface area contributed by atoms with Gasteiger partial charge in [-0.3, -0.25) is 9.59 Å². The van der Waals surface area contributed by atoms with E-state index in [2.05, 4.69) is 31.3 Å². The summed E-state index contributed by atoms with van der Waals surface area (Å²) in [5.41, 5.74) is 2.52. The number of rotatable bonds is 3. The van der Waals surface area contributed by atoms with Crippen molar-refractivity contribution in [3.05, 3.63) is 53.1 Å². The van der Waals surface area contributed by atoms with E-state index in [1.165, 1.54) is 6.07 Å². The van der Waals surface area contributed by atoms with Gasteiger partial charge in [0.25, 0.3) is 0 Å². The van der Waals surface area contributed by atoms with Gasteiger partial charge in [-0.05, 0) is 42.5 Å². The maximum atomic E-state index is 12.0. The van der Waals surface area contributed by atoms with Crippen LogP contribution in [0, 0.1) is 6.92 Å². The molecule has 3 rings (SSSR count). The summed E-state index contributed by atoms with van der Waals surface area (Å²) in [7, 11) is 0. The number of halogens is 1. The van der Waals surface area contributed by atoms with Crippen LogP contribution in [0.1, 0.15) is 5.56 Å². The third-order valence-corrected chi connectivity index (χ3v) is 3.64. The van der Waals surface area contributed by atoms with Crippen molar-refractivity contribution in [1.82, 2.24) is 20.6 Å². The van der Waals surface area contributed by atoms with E-state index in [-0.39, 0.29) is 0 Å². The molecule has 1 aromatic heterocycles. The van der Waals surface area contributed by atoms with Crippen molar-refractivity contribution in [2.75, 3.05) is 10.6 Å². The lowest BCUT2D eigenvalue weighted by Crippen LogP contribution is -2.29. The van der Waals surface area contributed by atoms with Crippen molar-refractivity contribution in [2.24, 2.45) is 0 Å². The van der Waals surface area contributed by atoms with Crippen LogP contribution in [0.15, 0.2) is 42.5 Å². The number of aromatic amines is 1. The minimum absolute atomic E-state index is 0.318. The number of anilines is 2. The van der Waals surface area contributed by atoms with Gasteiger partial charge in [-0.15, -0.1) is 10.2 Å². The monoisotopic (exact) mass is 356 g/mol. The Labute approximate surface area is 147 Å². The molecule has 9 heteroatoms. The van der Waals surface area contributed by atoms with Crippen molar-refractivity contribution >= 4 is 34.8 Å². The van der Waals surface area contributed by atoms with Crippen molar-refractivity contribution in [3.8, 4) is 11.4 Å². The number of tetrazole rings is 1. The Morgan fingerprint density at radius 2 is 1.64 bits per heavy atom. The van der Waals surface area contributed by atoms with Gasteiger partial charge in [-0.25, -0.2) is 0 Å². The number of hydrogen-bond donors (Lipinski definition) is 3. The zero-order valence-corrected chi connectivity index (χ0v) is 13.8. The lowest BCUT2D eigenvalue weighted by Gasteiger charge is -2.08. The lowest BCUT2D eigenvalue weighted by atomic mass is 10.2. The summed E-state index contributed by atoms with van der Waals surface area (Å²) in [5, 5.41) is 18.8. The molecule has 1 heterocycles. The number of aryl methyl sites for hydroxylation is 1. The van der Waals surface area contributed by atoms with Gasteiger partial charge in [0.1, 0.15) is 0 Å². The molecule has 2 aromatic carbocycles.